The van der Waals surface area contributed by atoms with Crippen LogP contribution < -0.4 is 15.4 Å². The number of rotatable bonds is 6. The van der Waals surface area contributed by atoms with Crippen molar-refractivity contribution >= 4 is 34.6 Å². The van der Waals surface area contributed by atoms with Gasteiger partial charge in [0.15, 0.2) is 0 Å². The standard InChI is InChI=1S/C22H18ClN5O4/c23-17-6-4-14(5-7-17)15-8-10-27(11-9-15)21-19(28(30)31)22(26-13-25-21)32-18-3-1-2-16(12-18)20(24)29/h1-8,12-13H,9-11H2,(H2,24,29). The quantitative estimate of drug-likeness (QED) is 0.439. The van der Waals surface area contributed by atoms with E-state index >= 15 is 0 Å². The summed E-state index contributed by atoms with van der Waals surface area (Å²) in [5, 5.41) is 12.5. The Kier molecular flexibility index (Phi) is 6.00. The molecule has 0 saturated heterocycles. The molecule has 162 valence electrons. The largest absolute Gasteiger partial charge is 0.434 e. The number of ether oxygens (including phenoxy) is 1. The van der Waals surface area contributed by atoms with E-state index in [1.54, 1.807) is 17.0 Å². The number of halogens is 1. The number of nitro groups is 1. The second-order valence-corrected chi connectivity index (χ2v) is 7.47. The Labute approximate surface area is 188 Å². The number of primary amides is 1. The maximum absolute atomic E-state index is 11.9. The van der Waals surface area contributed by atoms with Crippen LogP contribution in [0, 0.1) is 10.1 Å². The fraction of sp³-hybridized carbons (Fsp3) is 0.136. The zero-order valence-corrected chi connectivity index (χ0v) is 17.5. The van der Waals surface area contributed by atoms with Crippen LogP contribution in [-0.2, 0) is 0 Å². The van der Waals surface area contributed by atoms with Crippen LogP contribution in [-0.4, -0.2) is 33.9 Å². The molecule has 1 amide bonds. The summed E-state index contributed by atoms with van der Waals surface area (Å²) in [5.41, 5.74) is 7.35. The Morgan fingerprint density at radius 2 is 1.97 bits per heavy atom. The highest BCUT2D eigenvalue weighted by atomic mass is 35.5. The summed E-state index contributed by atoms with van der Waals surface area (Å²) in [6, 6.07) is 13.6. The predicted molar refractivity (Wildman–Crippen MR) is 120 cm³/mol. The molecule has 1 aromatic heterocycles. The zero-order valence-electron chi connectivity index (χ0n) is 16.8. The molecule has 0 radical (unpaired) electrons. The molecule has 32 heavy (non-hydrogen) atoms. The van der Waals surface area contributed by atoms with Crippen molar-refractivity contribution in [1.29, 1.82) is 0 Å². The Morgan fingerprint density at radius 1 is 1.19 bits per heavy atom. The van der Waals surface area contributed by atoms with Crippen LogP contribution in [0.4, 0.5) is 11.5 Å². The van der Waals surface area contributed by atoms with Gasteiger partial charge in [0.05, 0.1) is 4.92 Å². The third-order valence-electron chi connectivity index (χ3n) is 5.01. The molecule has 3 aromatic rings. The van der Waals surface area contributed by atoms with Crippen molar-refractivity contribution in [3.8, 4) is 11.6 Å². The van der Waals surface area contributed by atoms with Crippen molar-refractivity contribution in [3.05, 3.63) is 87.2 Å². The molecule has 4 rings (SSSR count). The van der Waals surface area contributed by atoms with Crippen molar-refractivity contribution < 1.29 is 14.5 Å². The summed E-state index contributed by atoms with van der Waals surface area (Å²) in [5.74, 6) is -0.478. The summed E-state index contributed by atoms with van der Waals surface area (Å²) < 4.78 is 5.64. The van der Waals surface area contributed by atoms with E-state index in [0.29, 0.717) is 24.5 Å². The number of hydrogen-bond donors (Lipinski definition) is 1. The highest BCUT2D eigenvalue weighted by molar-refractivity contribution is 6.30. The number of carbonyl (C=O) groups is 1. The van der Waals surface area contributed by atoms with Gasteiger partial charge in [-0.1, -0.05) is 35.9 Å². The number of nitrogens with two attached hydrogens (primary N) is 1. The Balaban J connectivity index is 1.61. The Bertz CT molecular complexity index is 1210. The maximum Gasteiger partial charge on any atom is 0.373 e. The van der Waals surface area contributed by atoms with Gasteiger partial charge in [-0.25, -0.2) is 4.98 Å². The predicted octanol–water partition coefficient (Wildman–Crippen LogP) is 4.22. The number of anilines is 1. The molecular weight excluding hydrogens is 434 g/mol. The molecular formula is C22H18ClN5O4. The molecule has 0 spiro atoms. The lowest BCUT2D eigenvalue weighted by atomic mass is 9.99. The van der Waals surface area contributed by atoms with Crippen LogP contribution in [0.1, 0.15) is 22.3 Å². The summed E-state index contributed by atoms with van der Waals surface area (Å²) in [7, 11) is 0. The third-order valence-corrected chi connectivity index (χ3v) is 5.26. The highest BCUT2D eigenvalue weighted by Gasteiger charge is 2.29. The first-order valence-electron chi connectivity index (χ1n) is 9.69. The first-order valence-corrected chi connectivity index (χ1v) is 10.1. The van der Waals surface area contributed by atoms with Gasteiger partial charge in [0.2, 0.25) is 11.7 Å². The fourth-order valence-corrected chi connectivity index (χ4v) is 3.56. The summed E-state index contributed by atoms with van der Waals surface area (Å²) >= 11 is 5.96. The van der Waals surface area contributed by atoms with Crippen LogP contribution in [0.25, 0.3) is 5.57 Å². The number of aromatic nitrogens is 2. The highest BCUT2D eigenvalue weighted by Crippen LogP contribution is 2.37. The lowest BCUT2D eigenvalue weighted by molar-refractivity contribution is -0.385. The number of benzene rings is 2. The first-order chi connectivity index (χ1) is 15.4. The number of nitrogens with zero attached hydrogens (tertiary/aromatic N) is 4. The van der Waals surface area contributed by atoms with Crippen molar-refractivity contribution in [2.75, 3.05) is 18.0 Å². The minimum absolute atomic E-state index is 0.164. The molecule has 1 aliphatic rings. The number of hydrogen-bond acceptors (Lipinski definition) is 7. The average Bonchev–Trinajstić information content (AvgIpc) is 2.79. The molecule has 0 unspecified atom stereocenters. The van der Waals surface area contributed by atoms with Gasteiger partial charge in [-0.2, -0.15) is 4.98 Å². The van der Waals surface area contributed by atoms with Crippen LogP contribution in [0.15, 0.2) is 60.9 Å². The van der Waals surface area contributed by atoms with E-state index in [4.69, 9.17) is 22.1 Å². The SMILES string of the molecule is NC(=O)c1cccc(Oc2ncnc(N3CC=C(c4ccc(Cl)cc4)CC3)c2[N+](=O)[O-])c1. The van der Waals surface area contributed by atoms with Crippen molar-refractivity contribution in [3.63, 3.8) is 0 Å². The lowest BCUT2D eigenvalue weighted by Gasteiger charge is -2.27. The maximum atomic E-state index is 11.9. The van der Waals surface area contributed by atoms with Crippen LogP contribution >= 0.6 is 11.6 Å². The topological polar surface area (TPSA) is 124 Å². The summed E-state index contributed by atoms with van der Waals surface area (Å²) in [6.45, 7) is 0.968. The Morgan fingerprint density at radius 3 is 2.62 bits per heavy atom. The average molecular weight is 452 g/mol. The smallest absolute Gasteiger partial charge is 0.373 e. The van der Waals surface area contributed by atoms with E-state index in [-0.39, 0.29) is 28.7 Å². The van der Waals surface area contributed by atoms with E-state index in [1.165, 1.54) is 18.5 Å². The molecule has 10 heteroatoms. The van der Waals surface area contributed by atoms with E-state index in [9.17, 15) is 14.9 Å². The van der Waals surface area contributed by atoms with E-state index in [1.807, 2.05) is 30.3 Å². The molecule has 2 N–H and O–H groups in total. The van der Waals surface area contributed by atoms with Gasteiger partial charge >= 0.3 is 11.6 Å². The minimum atomic E-state index is -0.634. The normalized spacial score (nSPS) is 13.4. The Hall–Kier alpha value is -3.98. The lowest BCUT2D eigenvalue weighted by Crippen LogP contribution is -2.29. The first kappa shape index (κ1) is 21.3. The molecule has 0 fully saturated rings. The van der Waals surface area contributed by atoms with Gasteiger partial charge in [-0.05, 0) is 47.9 Å². The summed E-state index contributed by atoms with van der Waals surface area (Å²) in [4.78, 5) is 32.6. The second-order valence-electron chi connectivity index (χ2n) is 7.03. The molecule has 0 bridgehead atoms. The molecule has 1 aliphatic heterocycles. The van der Waals surface area contributed by atoms with Gasteiger partial charge in [0.1, 0.15) is 12.1 Å². The third kappa shape index (κ3) is 4.52. The molecule has 0 aliphatic carbocycles. The van der Waals surface area contributed by atoms with Crippen LogP contribution in [0.5, 0.6) is 11.6 Å². The van der Waals surface area contributed by atoms with Crippen LogP contribution in [0.2, 0.25) is 5.02 Å². The van der Waals surface area contributed by atoms with Crippen LogP contribution in [0.3, 0.4) is 0 Å². The molecule has 0 saturated carbocycles. The second kappa shape index (κ2) is 9.03. The monoisotopic (exact) mass is 451 g/mol. The zero-order chi connectivity index (χ0) is 22.7. The van der Waals surface area contributed by atoms with Gasteiger partial charge in [0, 0.05) is 23.7 Å². The molecule has 2 aromatic carbocycles. The van der Waals surface area contributed by atoms with Gasteiger partial charge < -0.3 is 15.4 Å². The molecule has 0 atom stereocenters. The molecule has 9 nitrogen and oxygen atoms in total. The number of amides is 1. The number of carbonyl (C=O) groups excluding carboxylic acids is 1. The van der Waals surface area contributed by atoms with Crippen molar-refractivity contribution in [1.82, 2.24) is 9.97 Å². The fourth-order valence-electron chi connectivity index (χ4n) is 3.43. The van der Waals surface area contributed by atoms with Crippen molar-refractivity contribution in [2.45, 2.75) is 6.42 Å². The van der Waals surface area contributed by atoms with E-state index in [2.05, 4.69) is 9.97 Å². The van der Waals surface area contributed by atoms with Gasteiger partial charge in [-0.15, -0.1) is 0 Å². The summed E-state index contributed by atoms with van der Waals surface area (Å²) in [6.07, 6.45) is 3.91. The minimum Gasteiger partial charge on any atom is -0.434 e. The van der Waals surface area contributed by atoms with Crippen molar-refractivity contribution in [2.24, 2.45) is 5.73 Å². The van der Waals surface area contributed by atoms with E-state index in [0.717, 1.165) is 11.1 Å². The molecule has 2 heterocycles. The van der Waals surface area contributed by atoms with E-state index < -0.39 is 10.8 Å². The van der Waals surface area contributed by atoms with Gasteiger partial charge in [-0.3, -0.25) is 14.9 Å². The van der Waals surface area contributed by atoms with Gasteiger partial charge in [0.25, 0.3) is 0 Å².